The number of anilines is 1. The Hall–Kier alpha value is -2.24. The molecule has 1 aromatic heterocycles. The van der Waals surface area contributed by atoms with Crippen molar-refractivity contribution >= 4 is 23.3 Å². The number of carbonyl (C=O) groups excluding carboxylic acids is 1. The fourth-order valence-corrected chi connectivity index (χ4v) is 1.30. The van der Waals surface area contributed by atoms with Gasteiger partial charge in [-0.1, -0.05) is 0 Å². The highest BCUT2D eigenvalue weighted by Crippen LogP contribution is 2.22. The van der Waals surface area contributed by atoms with Crippen LogP contribution in [0, 0.1) is 5.82 Å². The van der Waals surface area contributed by atoms with Crippen LogP contribution in [-0.2, 0) is 4.79 Å². The van der Waals surface area contributed by atoms with Crippen LogP contribution in [0.3, 0.4) is 0 Å². The number of halogens is 1. The molecule has 0 saturated heterocycles. The van der Waals surface area contributed by atoms with Gasteiger partial charge in [0, 0.05) is 6.07 Å². The van der Waals surface area contributed by atoms with Gasteiger partial charge < -0.3 is 10.1 Å². The van der Waals surface area contributed by atoms with Gasteiger partial charge in [0.15, 0.2) is 5.82 Å². The molecule has 0 aliphatic carbocycles. The van der Waals surface area contributed by atoms with Crippen molar-refractivity contribution in [3.05, 3.63) is 24.0 Å². The standard InChI is InChI=1S/C10H8FN3O2/c1-16-10-9(12-5-15)13-8-4-6(11)2-3-7(8)14-10/h2-5H,1H3,(H,12,13,15). The molecule has 2 rings (SSSR count). The highest BCUT2D eigenvalue weighted by Gasteiger charge is 2.08. The third-order valence-electron chi connectivity index (χ3n) is 1.98. The van der Waals surface area contributed by atoms with Crippen LogP contribution in [0.4, 0.5) is 10.2 Å². The lowest BCUT2D eigenvalue weighted by molar-refractivity contribution is -0.105. The fourth-order valence-electron chi connectivity index (χ4n) is 1.30. The number of benzene rings is 1. The molecule has 1 aromatic carbocycles. The maximum absolute atomic E-state index is 12.9. The van der Waals surface area contributed by atoms with Crippen LogP contribution in [0.5, 0.6) is 5.88 Å². The molecule has 0 bridgehead atoms. The molecule has 2 aromatic rings. The minimum absolute atomic E-state index is 0.163. The van der Waals surface area contributed by atoms with Gasteiger partial charge in [-0.25, -0.2) is 14.4 Å². The second kappa shape index (κ2) is 4.09. The van der Waals surface area contributed by atoms with E-state index in [1.807, 2.05) is 0 Å². The van der Waals surface area contributed by atoms with Crippen molar-refractivity contribution in [3.8, 4) is 5.88 Å². The number of hydrogen-bond donors (Lipinski definition) is 1. The number of carbonyl (C=O) groups is 1. The van der Waals surface area contributed by atoms with Gasteiger partial charge in [0.2, 0.25) is 6.41 Å². The lowest BCUT2D eigenvalue weighted by Gasteiger charge is -2.06. The Labute approximate surface area is 90.3 Å². The number of methoxy groups -OCH3 is 1. The van der Waals surface area contributed by atoms with Crippen molar-refractivity contribution in [1.29, 1.82) is 0 Å². The normalized spacial score (nSPS) is 10.1. The van der Waals surface area contributed by atoms with Crippen LogP contribution in [-0.4, -0.2) is 23.5 Å². The van der Waals surface area contributed by atoms with Gasteiger partial charge in [0.25, 0.3) is 5.88 Å². The van der Waals surface area contributed by atoms with Crippen LogP contribution < -0.4 is 10.1 Å². The van der Waals surface area contributed by atoms with E-state index in [0.717, 1.165) is 0 Å². The van der Waals surface area contributed by atoms with E-state index in [1.165, 1.54) is 25.3 Å². The third-order valence-corrected chi connectivity index (χ3v) is 1.98. The summed E-state index contributed by atoms with van der Waals surface area (Å²) < 4.78 is 17.9. The van der Waals surface area contributed by atoms with E-state index in [4.69, 9.17) is 4.74 Å². The minimum Gasteiger partial charge on any atom is -0.478 e. The maximum atomic E-state index is 12.9. The first-order chi connectivity index (χ1) is 7.74. The summed E-state index contributed by atoms with van der Waals surface area (Å²) in [6.07, 6.45) is 0.456. The maximum Gasteiger partial charge on any atom is 0.258 e. The number of aromatic nitrogens is 2. The van der Waals surface area contributed by atoms with Crippen molar-refractivity contribution in [2.75, 3.05) is 12.4 Å². The molecule has 0 atom stereocenters. The summed E-state index contributed by atoms with van der Waals surface area (Å²) in [6.45, 7) is 0. The zero-order chi connectivity index (χ0) is 11.5. The molecule has 82 valence electrons. The Morgan fingerprint density at radius 1 is 1.38 bits per heavy atom. The number of fused-ring (bicyclic) bond motifs is 1. The summed E-state index contributed by atoms with van der Waals surface area (Å²) in [7, 11) is 1.41. The van der Waals surface area contributed by atoms with Crippen LogP contribution in [0.1, 0.15) is 0 Å². The van der Waals surface area contributed by atoms with Crippen molar-refractivity contribution in [1.82, 2.24) is 9.97 Å². The molecular weight excluding hydrogens is 213 g/mol. The number of rotatable bonds is 3. The van der Waals surface area contributed by atoms with E-state index < -0.39 is 5.82 Å². The Bertz CT molecular complexity index is 545. The molecule has 1 heterocycles. The molecule has 0 unspecified atom stereocenters. The quantitative estimate of drug-likeness (QED) is 0.794. The summed E-state index contributed by atoms with van der Waals surface area (Å²) in [5.74, 6) is -0.0640. The first-order valence-corrected chi connectivity index (χ1v) is 4.46. The summed E-state index contributed by atoms with van der Waals surface area (Å²) in [5, 5.41) is 2.34. The van der Waals surface area contributed by atoms with Gasteiger partial charge >= 0.3 is 0 Å². The first kappa shape index (κ1) is 10.3. The van der Waals surface area contributed by atoms with E-state index in [0.29, 0.717) is 17.4 Å². The zero-order valence-corrected chi connectivity index (χ0v) is 8.40. The molecule has 6 heteroatoms. The van der Waals surface area contributed by atoms with Gasteiger partial charge in [0.1, 0.15) is 5.82 Å². The van der Waals surface area contributed by atoms with Crippen LogP contribution in [0.2, 0.25) is 0 Å². The smallest absolute Gasteiger partial charge is 0.258 e. The molecule has 5 nitrogen and oxygen atoms in total. The molecule has 0 fully saturated rings. The van der Waals surface area contributed by atoms with Gasteiger partial charge in [-0.05, 0) is 12.1 Å². The summed E-state index contributed by atoms with van der Waals surface area (Å²) in [4.78, 5) is 18.4. The molecule has 0 aliphatic heterocycles. The molecule has 16 heavy (non-hydrogen) atoms. The predicted octanol–water partition coefficient (Wildman–Crippen LogP) is 1.35. The van der Waals surface area contributed by atoms with E-state index in [1.54, 1.807) is 0 Å². The van der Waals surface area contributed by atoms with Crippen molar-refractivity contribution < 1.29 is 13.9 Å². The largest absolute Gasteiger partial charge is 0.478 e. The highest BCUT2D eigenvalue weighted by atomic mass is 19.1. The van der Waals surface area contributed by atoms with Crippen molar-refractivity contribution in [3.63, 3.8) is 0 Å². The summed E-state index contributed by atoms with van der Waals surface area (Å²) in [5.41, 5.74) is 0.847. The van der Waals surface area contributed by atoms with E-state index in [9.17, 15) is 9.18 Å². The second-order valence-corrected chi connectivity index (χ2v) is 2.98. The van der Waals surface area contributed by atoms with Crippen LogP contribution in [0.15, 0.2) is 18.2 Å². The molecule has 0 spiro atoms. The topological polar surface area (TPSA) is 64.1 Å². The number of amides is 1. The molecule has 0 aliphatic rings. The third kappa shape index (κ3) is 1.77. The first-order valence-electron chi connectivity index (χ1n) is 4.46. The van der Waals surface area contributed by atoms with Gasteiger partial charge in [0.05, 0.1) is 18.1 Å². The van der Waals surface area contributed by atoms with Crippen molar-refractivity contribution in [2.24, 2.45) is 0 Å². The Kier molecular flexibility index (Phi) is 2.63. The average molecular weight is 221 g/mol. The lowest BCUT2D eigenvalue weighted by Crippen LogP contribution is -2.02. The predicted molar refractivity (Wildman–Crippen MR) is 55.7 cm³/mol. The molecule has 1 N–H and O–H groups in total. The molecular formula is C10H8FN3O2. The second-order valence-electron chi connectivity index (χ2n) is 2.98. The SMILES string of the molecule is COc1nc2ccc(F)cc2nc1NC=O. The number of ether oxygens (including phenoxy) is 1. The number of nitrogens with zero attached hydrogens (tertiary/aromatic N) is 2. The Morgan fingerprint density at radius 3 is 2.88 bits per heavy atom. The van der Waals surface area contributed by atoms with Gasteiger partial charge in [-0.3, -0.25) is 4.79 Å². The Balaban J connectivity index is 2.65. The van der Waals surface area contributed by atoms with E-state index in [2.05, 4.69) is 15.3 Å². The van der Waals surface area contributed by atoms with E-state index >= 15 is 0 Å². The minimum atomic E-state index is -0.413. The molecule has 1 amide bonds. The number of nitrogens with one attached hydrogen (secondary N) is 1. The zero-order valence-electron chi connectivity index (χ0n) is 8.40. The van der Waals surface area contributed by atoms with Crippen molar-refractivity contribution in [2.45, 2.75) is 0 Å². The summed E-state index contributed by atoms with van der Waals surface area (Å²) >= 11 is 0. The van der Waals surface area contributed by atoms with E-state index in [-0.39, 0.29) is 11.7 Å². The highest BCUT2D eigenvalue weighted by molar-refractivity contribution is 5.80. The Morgan fingerprint density at radius 2 is 2.19 bits per heavy atom. The average Bonchev–Trinajstić information content (AvgIpc) is 2.28. The van der Waals surface area contributed by atoms with Gasteiger partial charge in [-0.15, -0.1) is 0 Å². The molecule has 0 radical (unpaired) electrons. The number of hydrogen-bond acceptors (Lipinski definition) is 4. The monoisotopic (exact) mass is 221 g/mol. The van der Waals surface area contributed by atoms with Gasteiger partial charge in [-0.2, -0.15) is 0 Å². The molecule has 0 saturated carbocycles. The fraction of sp³-hybridized carbons (Fsp3) is 0.100. The van der Waals surface area contributed by atoms with Crippen LogP contribution in [0.25, 0.3) is 11.0 Å². The van der Waals surface area contributed by atoms with Crippen LogP contribution >= 0.6 is 0 Å². The summed E-state index contributed by atoms with van der Waals surface area (Å²) in [6, 6.07) is 4.01. The lowest BCUT2D eigenvalue weighted by atomic mass is 10.3.